The van der Waals surface area contributed by atoms with Crippen molar-refractivity contribution in [2.45, 2.75) is 20.0 Å². The van der Waals surface area contributed by atoms with Crippen LogP contribution in [0.2, 0.25) is 0 Å². The van der Waals surface area contributed by atoms with Crippen LogP contribution in [0.1, 0.15) is 18.1 Å². The molecule has 7 heteroatoms. The lowest BCUT2D eigenvalue weighted by atomic mass is 10.2. The van der Waals surface area contributed by atoms with Gasteiger partial charge in [0.2, 0.25) is 5.88 Å². The normalized spacial score (nSPS) is 11.2. The minimum absolute atomic E-state index is 0.135. The molecular weight excluding hydrogens is 314 g/mol. The first-order valence-corrected chi connectivity index (χ1v) is 7.57. The van der Waals surface area contributed by atoms with Crippen molar-refractivity contribution in [1.29, 1.82) is 0 Å². The van der Waals surface area contributed by atoms with E-state index in [0.717, 1.165) is 17.7 Å². The summed E-state index contributed by atoms with van der Waals surface area (Å²) >= 11 is 0. The largest absolute Gasteiger partial charge is 0.481 e. The molecule has 0 amide bonds. The monoisotopic (exact) mass is 334 g/mol. The van der Waals surface area contributed by atoms with E-state index in [1.807, 2.05) is 13.0 Å². The van der Waals surface area contributed by atoms with Gasteiger partial charge in [-0.25, -0.2) is 18.8 Å². The number of halogens is 2. The van der Waals surface area contributed by atoms with Gasteiger partial charge in [0.25, 0.3) is 0 Å². The van der Waals surface area contributed by atoms with Crippen LogP contribution in [0.3, 0.4) is 0 Å². The van der Waals surface area contributed by atoms with Crippen molar-refractivity contribution in [3.63, 3.8) is 0 Å². The maximum absolute atomic E-state index is 13.6. The third-order valence-corrected chi connectivity index (χ3v) is 3.22. The molecule has 0 atom stereocenters. The topological polar surface area (TPSA) is 58.5 Å². The van der Waals surface area contributed by atoms with Crippen LogP contribution in [0, 0.1) is 11.6 Å². The second kappa shape index (κ2) is 8.81. The number of aliphatic imine (C=N–C) groups is 1. The summed E-state index contributed by atoms with van der Waals surface area (Å²) in [4.78, 5) is 8.52. The SMILES string of the molecule is CCNC(=NCc1ccc(OC)nc1)NCc1cc(F)ccc1F. The van der Waals surface area contributed by atoms with Crippen LogP contribution in [-0.2, 0) is 13.1 Å². The molecule has 1 aromatic heterocycles. The zero-order chi connectivity index (χ0) is 17.4. The van der Waals surface area contributed by atoms with Crippen molar-refractivity contribution >= 4 is 5.96 Å². The van der Waals surface area contributed by atoms with Crippen LogP contribution in [-0.4, -0.2) is 24.6 Å². The molecule has 0 spiro atoms. The summed E-state index contributed by atoms with van der Waals surface area (Å²) in [6.07, 6.45) is 1.68. The molecule has 0 unspecified atom stereocenters. The van der Waals surface area contributed by atoms with Gasteiger partial charge in [0, 0.05) is 30.9 Å². The minimum atomic E-state index is -0.473. The number of pyridine rings is 1. The molecule has 128 valence electrons. The molecule has 0 aliphatic heterocycles. The van der Waals surface area contributed by atoms with Crippen LogP contribution in [0.5, 0.6) is 5.88 Å². The van der Waals surface area contributed by atoms with E-state index in [4.69, 9.17) is 4.74 Å². The number of nitrogens with zero attached hydrogens (tertiary/aromatic N) is 2. The van der Waals surface area contributed by atoms with Crippen molar-refractivity contribution in [3.05, 3.63) is 59.3 Å². The number of rotatable bonds is 6. The van der Waals surface area contributed by atoms with Crippen LogP contribution in [0.25, 0.3) is 0 Å². The molecule has 0 aliphatic rings. The smallest absolute Gasteiger partial charge is 0.212 e. The number of methoxy groups -OCH3 is 1. The highest BCUT2D eigenvalue weighted by Crippen LogP contribution is 2.10. The van der Waals surface area contributed by atoms with Crippen molar-refractivity contribution < 1.29 is 13.5 Å². The van der Waals surface area contributed by atoms with Crippen LogP contribution < -0.4 is 15.4 Å². The lowest BCUT2D eigenvalue weighted by molar-refractivity contribution is 0.397. The van der Waals surface area contributed by atoms with E-state index >= 15 is 0 Å². The van der Waals surface area contributed by atoms with Gasteiger partial charge in [0.15, 0.2) is 5.96 Å². The van der Waals surface area contributed by atoms with E-state index in [1.54, 1.807) is 19.4 Å². The average Bonchev–Trinajstić information content (AvgIpc) is 2.60. The molecule has 2 rings (SSSR count). The van der Waals surface area contributed by atoms with E-state index in [-0.39, 0.29) is 12.1 Å². The standard InChI is InChI=1S/C17H20F2N4O/c1-3-20-17(22-10-12-4-7-16(24-2)21-9-12)23-11-13-8-14(18)5-6-15(13)19/h4-9H,3,10-11H2,1-2H3,(H2,20,22,23). The Morgan fingerprint density at radius 3 is 2.71 bits per heavy atom. The fourth-order valence-corrected chi connectivity index (χ4v) is 2.00. The Labute approximate surface area is 139 Å². The quantitative estimate of drug-likeness (QED) is 0.630. The molecule has 0 bridgehead atoms. The third-order valence-electron chi connectivity index (χ3n) is 3.22. The maximum Gasteiger partial charge on any atom is 0.212 e. The number of hydrogen-bond donors (Lipinski definition) is 2. The molecule has 2 N–H and O–H groups in total. The van der Waals surface area contributed by atoms with Gasteiger partial charge < -0.3 is 15.4 Å². The maximum atomic E-state index is 13.6. The lowest BCUT2D eigenvalue weighted by Gasteiger charge is -2.12. The highest BCUT2D eigenvalue weighted by molar-refractivity contribution is 5.79. The predicted octanol–water partition coefficient (Wildman–Crippen LogP) is 2.62. The van der Waals surface area contributed by atoms with Crippen molar-refractivity contribution in [1.82, 2.24) is 15.6 Å². The van der Waals surface area contributed by atoms with Crippen LogP contribution >= 0.6 is 0 Å². The summed E-state index contributed by atoms with van der Waals surface area (Å²) in [5.41, 5.74) is 1.15. The number of benzene rings is 1. The third kappa shape index (κ3) is 5.19. The number of hydrogen-bond acceptors (Lipinski definition) is 3. The molecule has 2 aromatic rings. The Morgan fingerprint density at radius 1 is 1.21 bits per heavy atom. The summed E-state index contributed by atoms with van der Waals surface area (Å²) in [5.74, 6) is 0.116. The second-order valence-corrected chi connectivity index (χ2v) is 4.99. The van der Waals surface area contributed by atoms with E-state index in [9.17, 15) is 8.78 Å². The molecule has 1 aromatic carbocycles. The van der Waals surface area contributed by atoms with Gasteiger partial charge in [0.1, 0.15) is 11.6 Å². The first kappa shape index (κ1) is 17.7. The molecule has 5 nitrogen and oxygen atoms in total. The van der Waals surface area contributed by atoms with Crippen LogP contribution in [0.15, 0.2) is 41.5 Å². The molecule has 24 heavy (non-hydrogen) atoms. The first-order valence-electron chi connectivity index (χ1n) is 7.57. The minimum Gasteiger partial charge on any atom is -0.481 e. The molecule has 0 radical (unpaired) electrons. The highest BCUT2D eigenvalue weighted by Gasteiger charge is 2.05. The first-order chi connectivity index (χ1) is 11.6. The van der Waals surface area contributed by atoms with Gasteiger partial charge >= 0.3 is 0 Å². The van der Waals surface area contributed by atoms with Crippen molar-refractivity contribution in [2.24, 2.45) is 4.99 Å². The summed E-state index contributed by atoms with van der Waals surface area (Å²) < 4.78 is 31.8. The van der Waals surface area contributed by atoms with Gasteiger partial charge in [-0.05, 0) is 30.7 Å². The molecular formula is C17H20F2N4O. The Morgan fingerprint density at radius 2 is 2.04 bits per heavy atom. The summed E-state index contributed by atoms with van der Waals surface area (Å²) in [6.45, 7) is 3.11. The zero-order valence-electron chi connectivity index (χ0n) is 13.6. The average molecular weight is 334 g/mol. The van der Waals surface area contributed by atoms with E-state index in [2.05, 4.69) is 20.6 Å². The molecule has 0 fully saturated rings. The van der Waals surface area contributed by atoms with Crippen LogP contribution in [0.4, 0.5) is 8.78 Å². The predicted molar refractivity (Wildman–Crippen MR) is 88.8 cm³/mol. The van der Waals surface area contributed by atoms with Gasteiger partial charge in [-0.1, -0.05) is 6.07 Å². The highest BCUT2D eigenvalue weighted by atomic mass is 19.1. The molecule has 1 heterocycles. The fourth-order valence-electron chi connectivity index (χ4n) is 2.00. The van der Waals surface area contributed by atoms with E-state index < -0.39 is 11.6 Å². The number of nitrogens with one attached hydrogen (secondary N) is 2. The van der Waals surface area contributed by atoms with Crippen molar-refractivity contribution in [2.75, 3.05) is 13.7 Å². The number of guanidine groups is 1. The Balaban J connectivity index is 2.00. The molecule has 0 saturated heterocycles. The number of ether oxygens (including phenoxy) is 1. The van der Waals surface area contributed by atoms with Gasteiger partial charge in [-0.3, -0.25) is 0 Å². The molecule has 0 aliphatic carbocycles. The lowest BCUT2D eigenvalue weighted by Crippen LogP contribution is -2.37. The van der Waals surface area contributed by atoms with Gasteiger partial charge in [0.05, 0.1) is 13.7 Å². The number of aromatic nitrogens is 1. The second-order valence-electron chi connectivity index (χ2n) is 4.99. The Kier molecular flexibility index (Phi) is 6.48. The van der Waals surface area contributed by atoms with Gasteiger partial charge in [-0.2, -0.15) is 0 Å². The molecule has 0 saturated carbocycles. The summed E-state index contributed by atoms with van der Waals surface area (Å²) in [7, 11) is 1.55. The summed E-state index contributed by atoms with van der Waals surface area (Å²) in [6, 6.07) is 6.99. The Bertz CT molecular complexity index is 689. The summed E-state index contributed by atoms with van der Waals surface area (Å²) in [5, 5.41) is 6.04. The van der Waals surface area contributed by atoms with Crippen molar-refractivity contribution in [3.8, 4) is 5.88 Å². The fraction of sp³-hybridized carbons (Fsp3) is 0.294. The zero-order valence-corrected chi connectivity index (χ0v) is 13.6. The van der Waals surface area contributed by atoms with E-state index in [1.165, 1.54) is 6.07 Å². The van der Waals surface area contributed by atoms with E-state index in [0.29, 0.717) is 24.9 Å². The Hall–Kier alpha value is -2.70. The van der Waals surface area contributed by atoms with Gasteiger partial charge in [-0.15, -0.1) is 0 Å².